The summed E-state index contributed by atoms with van der Waals surface area (Å²) in [4.78, 5) is 40.5. The van der Waals surface area contributed by atoms with Gasteiger partial charge in [0.25, 0.3) is 11.8 Å². The Labute approximate surface area is 218 Å². The smallest absolute Gasteiger partial charge is 0.411 e. The molecule has 38 heavy (non-hydrogen) atoms. The molecule has 2 N–H and O–H groups in total. The molecule has 4 aromatic carbocycles. The fourth-order valence-electron chi connectivity index (χ4n) is 4.32. The zero-order chi connectivity index (χ0) is 26.5. The second kappa shape index (κ2) is 11.0. The molecule has 0 spiro atoms. The average Bonchev–Trinajstić information content (AvgIpc) is 3.27. The Bertz CT molecular complexity index is 1450. The number of carbonyl (C=O) groups is 3. The van der Waals surface area contributed by atoms with Gasteiger partial charge in [0.05, 0.1) is 6.54 Å². The van der Waals surface area contributed by atoms with Crippen LogP contribution in [0.4, 0.5) is 20.6 Å². The first-order valence-corrected chi connectivity index (χ1v) is 12.0. The number of nitrogens with zero attached hydrogens (tertiary/aromatic N) is 1. The number of cyclic esters (lactones) is 1. The number of amides is 3. The summed E-state index contributed by atoms with van der Waals surface area (Å²) in [6.07, 6.45) is -1.62. The lowest BCUT2D eigenvalue weighted by molar-refractivity contribution is -0.121. The molecule has 1 heterocycles. The van der Waals surface area contributed by atoms with Crippen molar-refractivity contribution in [3.63, 3.8) is 0 Å². The van der Waals surface area contributed by atoms with Crippen LogP contribution in [0.25, 0.3) is 0 Å². The van der Waals surface area contributed by atoms with Crippen LogP contribution in [0, 0.1) is 5.82 Å². The quantitative estimate of drug-likeness (QED) is 0.331. The lowest BCUT2D eigenvalue weighted by Gasteiger charge is -2.24. The average molecular weight is 510 g/mol. The topological polar surface area (TPSA) is 87.7 Å². The minimum atomic E-state index is -1.02. The number of benzene rings is 4. The molecular formula is C30H24FN3O4. The van der Waals surface area contributed by atoms with Crippen LogP contribution in [-0.4, -0.2) is 28.8 Å². The van der Waals surface area contributed by atoms with Crippen LogP contribution >= 0.6 is 0 Å². The van der Waals surface area contributed by atoms with Gasteiger partial charge in [-0.25, -0.2) is 9.18 Å². The molecule has 2 atom stereocenters. The number of rotatable bonds is 7. The van der Waals surface area contributed by atoms with Crippen LogP contribution in [0.5, 0.6) is 0 Å². The standard InChI is InChI=1S/C30H24FN3O4/c31-23-16-14-20(15-17-23)19-34-26(29(36)32-24-11-5-2-6-12-24)27(38-30(34)37)22-10-7-13-25(18-22)33-28(35)21-8-3-1-4-9-21/h1-18,26-27H,19H2,(H,32,36)(H,33,35)/t26-,27-/m1/s1. The summed E-state index contributed by atoms with van der Waals surface area (Å²) in [6.45, 7) is 0.0485. The van der Waals surface area contributed by atoms with Gasteiger partial charge in [-0.1, -0.05) is 60.7 Å². The number of para-hydroxylation sites is 1. The number of anilines is 2. The Morgan fingerprint density at radius 1 is 0.789 bits per heavy atom. The van der Waals surface area contributed by atoms with Crippen molar-refractivity contribution in [3.8, 4) is 0 Å². The van der Waals surface area contributed by atoms with Gasteiger partial charge in [-0.3, -0.25) is 14.5 Å². The van der Waals surface area contributed by atoms with Gasteiger partial charge in [0.1, 0.15) is 5.82 Å². The Morgan fingerprint density at radius 3 is 2.16 bits per heavy atom. The van der Waals surface area contributed by atoms with Crippen molar-refractivity contribution >= 4 is 29.3 Å². The molecular weight excluding hydrogens is 485 g/mol. The molecule has 0 aliphatic carbocycles. The summed E-state index contributed by atoms with van der Waals surface area (Å²) in [6, 6.07) is 29.2. The molecule has 0 unspecified atom stereocenters. The van der Waals surface area contributed by atoms with Gasteiger partial charge in [-0.15, -0.1) is 0 Å². The van der Waals surface area contributed by atoms with Crippen molar-refractivity contribution < 1.29 is 23.5 Å². The molecule has 5 rings (SSSR count). The van der Waals surface area contributed by atoms with E-state index in [9.17, 15) is 18.8 Å². The predicted octanol–water partition coefficient (Wildman–Crippen LogP) is 5.78. The molecule has 190 valence electrons. The highest BCUT2D eigenvalue weighted by atomic mass is 19.1. The van der Waals surface area contributed by atoms with Crippen molar-refractivity contribution in [2.45, 2.75) is 18.7 Å². The highest BCUT2D eigenvalue weighted by molar-refractivity contribution is 6.04. The van der Waals surface area contributed by atoms with Crippen LogP contribution in [0.3, 0.4) is 0 Å². The fourth-order valence-corrected chi connectivity index (χ4v) is 4.32. The maximum absolute atomic E-state index is 13.5. The van der Waals surface area contributed by atoms with Gasteiger partial charge in [-0.05, 0) is 59.7 Å². The number of ether oxygens (including phenoxy) is 1. The van der Waals surface area contributed by atoms with Crippen molar-refractivity contribution in [3.05, 3.63) is 132 Å². The third kappa shape index (κ3) is 5.54. The van der Waals surface area contributed by atoms with Gasteiger partial charge >= 0.3 is 6.09 Å². The maximum atomic E-state index is 13.5. The summed E-state index contributed by atoms with van der Waals surface area (Å²) >= 11 is 0. The van der Waals surface area contributed by atoms with Crippen molar-refractivity contribution in [2.24, 2.45) is 0 Å². The number of carbonyl (C=O) groups excluding carboxylic acids is 3. The highest BCUT2D eigenvalue weighted by Gasteiger charge is 2.47. The first-order valence-electron chi connectivity index (χ1n) is 12.0. The minimum absolute atomic E-state index is 0.0485. The van der Waals surface area contributed by atoms with Crippen LogP contribution in [0.1, 0.15) is 27.6 Å². The van der Waals surface area contributed by atoms with Gasteiger partial charge in [0, 0.05) is 16.9 Å². The molecule has 0 radical (unpaired) electrons. The highest BCUT2D eigenvalue weighted by Crippen LogP contribution is 2.35. The lowest BCUT2D eigenvalue weighted by atomic mass is 10.00. The third-order valence-corrected chi connectivity index (χ3v) is 6.17. The summed E-state index contributed by atoms with van der Waals surface area (Å²) in [7, 11) is 0. The summed E-state index contributed by atoms with van der Waals surface area (Å²) in [5.74, 6) is -1.13. The van der Waals surface area contributed by atoms with E-state index < -0.39 is 30.0 Å². The van der Waals surface area contributed by atoms with Crippen molar-refractivity contribution in [2.75, 3.05) is 10.6 Å². The SMILES string of the molecule is O=C(Nc1cccc([C@H]2OC(=O)N(Cc3ccc(F)cc3)[C@H]2C(=O)Nc2ccccc2)c1)c1ccccc1. The summed E-state index contributed by atoms with van der Waals surface area (Å²) in [5, 5.41) is 5.70. The minimum Gasteiger partial charge on any atom is -0.438 e. The van der Waals surface area contributed by atoms with E-state index in [0.717, 1.165) is 0 Å². The molecule has 7 nitrogen and oxygen atoms in total. The van der Waals surface area contributed by atoms with E-state index >= 15 is 0 Å². The van der Waals surface area contributed by atoms with E-state index in [0.29, 0.717) is 28.1 Å². The molecule has 0 bridgehead atoms. The normalized spacial score (nSPS) is 16.6. The molecule has 1 saturated heterocycles. The third-order valence-electron chi connectivity index (χ3n) is 6.17. The number of nitrogens with one attached hydrogen (secondary N) is 2. The van der Waals surface area contributed by atoms with Gasteiger partial charge < -0.3 is 15.4 Å². The van der Waals surface area contributed by atoms with Crippen LogP contribution in [-0.2, 0) is 16.1 Å². The zero-order valence-electron chi connectivity index (χ0n) is 20.2. The Morgan fingerprint density at radius 2 is 1.45 bits per heavy atom. The summed E-state index contributed by atoms with van der Waals surface area (Å²) < 4.78 is 19.2. The Balaban J connectivity index is 1.44. The van der Waals surface area contributed by atoms with Gasteiger partial charge in [0.15, 0.2) is 12.1 Å². The van der Waals surface area contributed by atoms with E-state index in [1.807, 2.05) is 12.1 Å². The molecule has 0 aromatic heterocycles. The molecule has 1 aliphatic rings. The van der Waals surface area contributed by atoms with Crippen molar-refractivity contribution in [1.82, 2.24) is 4.90 Å². The Kier molecular flexibility index (Phi) is 7.13. The lowest BCUT2D eigenvalue weighted by Crippen LogP contribution is -2.43. The van der Waals surface area contributed by atoms with Gasteiger partial charge in [-0.2, -0.15) is 0 Å². The van der Waals surface area contributed by atoms with E-state index in [1.165, 1.54) is 17.0 Å². The molecule has 1 fully saturated rings. The second-order valence-corrected chi connectivity index (χ2v) is 8.80. The zero-order valence-corrected chi connectivity index (χ0v) is 20.2. The van der Waals surface area contributed by atoms with Crippen LogP contribution < -0.4 is 10.6 Å². The van der Waals surface area contributed by atoms with E-state index in [4.69, 9.17) is 4.74 Å². The van der Waals surface area contributed by atoms with Crippen molar-refractivity contribution in [1.29, 1.82) is 0 Å². The van der Waals surface area contributed by atoms with E-state index in [2.05, 4.69) is 10.6 Å². The van der Waals surface area contributed by atoms with Gasteiger partial charge in [0.2, 0.25) is 0 Å². The molecule has 3 amide bonds. The first-order chi connectivity index (χ1) is 18.5. The van der Waals surface area contributed by atoms with E-state index in [-0.39, 0.29) is 12.5 Å². The largest absolute Gasteiger partial charge is 0.438 e. The Hall–Kier alpha value is -4.98. The molecule has 4 aromatic rings. The maximum Gasteiger partial charge on any atom is 0.411 e. The van der Waals surface area contributed by atoms with Crippen LogP contribution in [0.2, 0.25) is 0 Å². The molecule has 1 aliphatic heterocycles. The second-order valence-electron chi connectivity index (χ2n) is 8.80. The number of hydrogen-bond donors (Lipinski definition) is 2. The van der Waals surface area contributed by atoms with Crippen LogP contribution in [0.15, 0.2) is 109 Å². The monoisotopic (exact) mass is 509 g/mol. The fraction of sp³-hybridized carbons (Fsp3) is 0.100. The number of hydrogen-bond acceptors (Lipinski definition) is 4. The summed E-state index contributed by atoms with van der Waals surface area (Å²) in [5.41, 5.74) is 2.74. The predicted molar refractivity (Wildman–Crippen MR) is 141 cm³/mol. The molecule has 8 heteroatoms. The molecule has 0 saturated carbocycles. The first kappa shape index (κ1) is 24.7. The number of halogens is 1. The van der Waals surface area contributed by atoms with E-state index in [1.54, 1.807) is 84.9 Å².